The van der Waals surface area contributed by atoms with E-state index < -0.39 is 5.60 Å². The lowest BCUT2D eigenvalue weighted by Crippen LogP contribution is -2.58. The number of fused-ring (bicyclic) bond motifs is 1. The van der Waals surface area contributed by atoms with E-state index in [1.165, 1.54) is 0 Å². The fourth-order valence-corrected chi connectivity index (χ4v) is 2.65. The Kier molecular flexibility index (Phi) is 3.82. The summed E-state index contributed by atoms with van der Waals surface area (Å²) in [5, 5.41) is 9.63. The molecular formula is C13H24N2O3. The van der Waals surface area contributed by atoms with E-state index in [4.69, 9.17) is 4.74 Å². The van der Waals surface area contributed by atoms with Gasteiger partial charge in [-0.2, -0.15) is 0 Å². The van der Waals surface area contributed by atoms with Gasteiger partial charge in [0.2, 0.25) is 0 Å². The Labute approximate surface area is 109 Å². The van der Waals surface area contributed by atoms with Crippen LogP contribution in [0.25, 0.3) is 0 Å². The lowest BCUT2D eigenvalue weighted by molar-refractivity contribution is -0.0241. The first-order valence-electron chi connectivity index (χ1n) is 6.75. The summed E-state index contributed by atoms with van der Waals surface area (Å²) in [6.45, 7) is 8.65. The first-order chi connectivity index (χ1) is 8.35. The third-order valence-corrected chi connectivity index (χ3v) is 3.53. The van der Waals surface area contributed by atoms with E-state index in [0.29, 0.717) is 12.6 Å². The number of nitrogens with zero attached hydrogens (tertiary/aromatic N) is 2. The Bertz CT molecular complexity index is 314. The maximum atomic E-state index is 12.0. The molecule has 104 valence electrons. The van der Waals surface area contributed by atoms with Crippen LogP contribution in [-0.4, -0.2) is 64.9 Å². The molecule has 2 unspecified atom stereocenters. The van der Waals surface area contributed by atoms with E-state index in [9.17, 15) is 9.90 Å². The number of aliphatic hydroxyl groups excluding tert-OH is 1. The number of aliphatic hydroxyl groups is 1. The second-order valence-electron chi connectivity index (χ2n) is 6.31. The summed E-state index contributed by atoms with van der Waals surface area (Å²) >= 11 is 0. The highest BCUT2D eigenvalue weighted by molar-refractivity contribution is 5.68. The fourth-order valence-electron chi connectivity index (χ4n) is 2.65. The number of rotatable bonds is 0. The van der Waals surface area contributed by atoms with Gasteiger partial charge in [0.05, 0.1) is 6.10 Å². The van der Waals surface area contributed by atoms with Crippen LogP contribution in [-0.2, 0) is 4.74 Å². The minimum absolute atomic E-state index is 0.200. The highest BCUT2D eigenvalue weighted by Gasteiger charge is 2.35. The Hall–Kier alpha value is -0.810. The molecule has 1 amide bonds. The van der Waals surface area contributed by atoms with Crippen molar-refractivity contribution in [2.75, 3.05) is 26.2 Å². The van der Waals surface area contributed by atoms with Crippen LogP contribution in [0.5, 0.6) is 0 Å². The minimum atomic E-state index is -0.434. The number of amides is 1. The second kappa shape index (κ2) is 5.05. The predicted molar refractivity (Wildman–Crippen MR) is 68.4 cm³/mol. The summed E-state index contributed by atoms with van der Waals surface area (Å²) < 4.78 is 5.40. The summed E-state index contributed by atoms with van der Waals surface area (Å²) in [5.74, 6) is 0. The van der Waals surface area contributed by atoms with E-state index in [1.54, 1.807) is 4.90 Å². The van der Waals surface area contributed by atoms with Gasteiger partial charge in [-0.25, -0.2) is 4.79 Å². The first kappa shape index (κ1) is 13.6. The summed E-state index contributed by atoms with van der Waals surface area (Å²) in [4.78, 5) is 16.1. The zero-order chi connectivity index (χ0) is 13.3. The Morgan fingerprint density at radius 2 is 1.94 bits per heavy atom. The highest BCUT2D eigenvalue weighted by Crippen LogP contribution is 2.22. The molecule has 0 spiro atoms. The van der Waals surface area contributed by atoms with E-state index in [1.807, 2.05) is 20.8 Å². The summed E-state index contributed by atoms with van der Waals surface area (Å²) in [6, 6.07) is 0.384. The standard InChI is InChI=1S/C13H24N2O3/c1-13(2,3)18-12(17)15-7-6-14-9-11(16)5-4-10(14)8-15/h10-11,16H,4-9H2,1-3H3. The Morgan fingerprint density at radius 1 is 1.22 bits per heavy atom. The number of piperidine rings is 1. The summed E-state index contributed by atoms with van der Waals surface area (Å²) in [6.07, 6.45) is 1.38. The molecule has 2 atom stereocenters. The molecule has 2 fully saturated rings. The maximum absolute atomic E-state index is 12.0. The van der Waals surface area contributed by atoms with Crippen molar-refractivity contribution in [3.05, 3.63) is 0 Å². The largest absolute Gasteiger partial charge is 0.444 e. The van der Waals surface area contributed by atoms with Gasteiger partial charge in [-0.05, 0) is 33.6 Å². The molecule has 2 heterocycles. The molecular weight excluding hydrogens is 232 g/mol. The number of carbonyl (C=O) groups is 1. The molecule has 2 aliphatic heterocycles. The van der Waals surface area contributed by atoms with E-state index in [0.717, 1.165) is 32.5 Å². The number of hydrogen-bond donors (Lipinski definition) is 1. The molecule has 0 aromatic rings. The molecule has 2 aliphatic rings. The van der Waals surface area contributed by atoms with Crippen molar-refractivity contribution in [2.45, 2.75) is 51.4 Å². The van der Waals surface area contributed by atoms with Crippen LogP contribution in [0.4, 0.5) is 4.79 Å². The van der Waals surface area contributed by atoms with Gasteiger partial charge >= 0.3 is 6.09 Å². The topological polar surface area (TPSA) is 53.0 Å². The fraction of sp³-hybridized carbons (Fsp3) is 0.923. The first-order valence-corrected chi connectivity index (χ1v) is 6.75. The van der Waals surface area contributed by atoms with E-state index in [-0.39, 0.29) is 12.2 Å². The minimum Gasteiger partial charge on any atom is -0.444 e. The highest BCUT2D eigenvalue weighted by atomic mass is 16.6. The average Bonchev–Trinajstić information content (AvgIpc) is 2.26. The molecule has 5 nitrogen and oxygen atoms in total. The van der Waals surface area contributed by atoms with Crippen LogP contribution in [0.1, 0.15) is 33.6 Å². The van der Waals surface area contributed by atoms with Crippen LogP contribution >= 0.6 is 0 Å². The molecule has 18 heavy (non-hydrogen) atoms. The van der Waals surface area contributed by atoms with Crippen molar-refractivity contribution < 1.29 is 14.6 Å². The molecule has 0 radical (unpaired) electrons. The number of hydrogen-bond acceptors (Lipinski definition) is 4. The van der Waals surface area contributed by atoms with Crippen molar-refractivity contribution in [3.63, 3.8) is 0 Å². The van der Waals surface area contributed by atoms with Crippen molar-refractivity contribution in [1.82, 2.24) is 9.80 Å². The SMILES string of the molecule is CC(C)(C)OC(=O)N1CCN2CC(O)CCC2C1. The smallest absolute Gasteiger partial charge is 0.410 e. The third-order valence-electron chi connectivity index (χ3n) is 3.53. The maximum Gasteiger partial charge on any atom is 0.410 e. The van der Waals surface area contributed by atoms with Gasteiger partial charge in [0, 0.05) is 32.2 Å². The van der Waals surface area contributed by atoms with Crippen molar-refractivity contribution in [3.8, 4) is 0 Å². The van der Waals surface area contributed by atoms with Crippen LogP contribution in [0.15, 0.2) is 0 Å². The molecule has 5 heteroatoms. The lowest BCUT2D eigenvalue weighted by Gasteiger charge is -2.45. The van der Waals surface area contributed by atoms with Crippen molar-refractivity contribution in [1.29, 1.82) is 0 Å². The molecule has 2 saturated heterocycles. The van der Waals surface area contributed by atoms with Crippen molar-refractivity contribution in [2.24, 2.45) is 0 Å². The van der Waals surface area contributed by atoms with E-state index >= 15 is 0 Å². The van der Waals surface area contributed by atoms with Gasteiger partial charge in [-0.1, -0.05) is 0 Å². The molecule has 0 aliphatic carbocycles. The summed E-state index contributed by atoms with van der Waals surface area (Å²) in [5.41, 5.74) is -0.434. The van der Waals surface area contributed by atoms with Gasteiger partial charge in [0.25, 0.3) is 0 Å². The predicted octanol–water partition coefficient (Wildman–Crippen LogP) is 1.06. The molecule has 0 bridgehead atoms. The van der Waals surface area contributed by atoms with Crippen LogP contribution in [0, 0.1) is 0 Å². The Balaban J connectivity index is 1.89. The van der Waals surface area contributed by atoms with Gasteiger partial charge in [-0.3, -0.25) is 4.90 Å². The number of carbonyl (C=O) groups excluding carboxylic acids is 1. The quantitative estimate of drug-likeness (QED) is 0.704. The zero-order valence-corrected chi connectivity index (χ0v) is 11.6. The van der Waals surface area contributed by atoms with Gasteiger partial charge in [0.15, 0.2) is 0 Å². The summed E-state index contributed by atoms with van der Waals surface area (Å²) in [7, 11) is 0. The molecule has 0 aromatic carbocycles. The van der Waals surface area contributed by atoms with E-state index in [2.05, 4.69) is 4.90 Å². The van der Waals surface area contributed by atoms with Crippen molar-refractivity contribution >= 4 is 6.09 Å². The zero-order valence-electron chi connectivity index (χ0n) is 11.6. The lowest BCUT2D eigenvalue weighted by atomic mass is 9.98. The third kappa shape index (κ3) is 3.36. The number of ether oxygens (including phenoxy) is 1. The van der Waals surface area contributed by atoms with Crippen LogP contribution in [0.2, 0.25) is 0 Å². The average molecular weight is 256 g/mol. The number of piperazine rings is 1. The van der Waals surface area contributed by atoms with Gasteiger partial charge < -0.3 is 14.7 Å². The van der Waals surface area contributed by atoms with Gasteiger partial charge in [-0.15, -0.1) is 0 Å². The van der Waals surface area contributed by atoms with Gasteiger partial charge in [0.1, 0.15) is 5.60 Å². The second-order valence-corrected chi connectivity index (χ2v) is 6.31. The molecule has 0 aromatic heterocycles. The van der Waals surface area contributed by atoms with Crippen LogP contribution in [0.3, 0.4) is 0 Å². The monoisotopic (exact) mass is 256 g/mol. The van der Waals surface area contributed by atoms with Crippen LogP contribution < -0.4 is 0 Å². The Morgan fingerprint density at radius 3 is 2.61 bits per heavy atom. The molecule has 1 N–H and O–H groups in total. The normalized spacial score (nSPS) is 29.9. The molecule has 2 rings (SSSR count). The molecule has 0 saturated carbocycles.